The number of hydrogen-bond donors (Lipinski definition) is 1. The molecule has 3 aromatic carbocycles. The molecule has 1 aliphatic heterocycles. The van der Waals surface area contributed by atoms with Crippen molar-refractivity contribution in [1.82, 2.24) is 9.97 Å². The van der Waals surface area contributed by atoms with E-state index in [1.165, 1.54) is 24.0 Å². The Morgan fingerprint density at radius 3 is 2.33 bits per heavy atom. The van der Waals surface area contributed by atoms with Crippen molar-refractivity contribution in [3.63, 3.8) is 0 Å². The highest BCUT2D eigenvalue weighted by atomic mass is 16.5. The second-order valence-electron chi connectivity index (χ2n) is 8.71. The number of ether oxygens (including phenoxy) is 1. The van der Waals surface area contributed by atoms with Crippen LogP contribution in [0.4, 0.5) is 11.8 Å². The molecule has 0 atom stereocenters. The summed E-state index contributed by atoms with van der Waals surface area (Å²) < 4.78 is 5.27. The quantitative estimate of drug-likeness (QED) is 0.401. The topological polar surface area (TPSA) is 50.3 Å². The van der Waals surface area contributed by atoms with Crippen LogP contribution in [0.25, 0.3) is 10.9 Å². The third-order valence-electron chi connectivity index (χ3n) is 6.48. The number of aromatic nitrogens is 2. The lowest BCUT2D eigenvalue weighted by molar-refractivity contribution is 0.401. The summed E-state index contributed by atoms with van der Waals surface area (Å²) in [4.78, 5) is 12.2. The average Bonchev–Trinajstić information content (AvgIpc) is 2.88. The van der Waals surface area contributed by atoms with E-state index in [1.807, 2.05) is 24.3 Å². The summed E-state index contributed by atoms with van der Waals surface area (Å²) in [6.45, 7) is 2.69. The molecule has 2 heterocycles. The Balaban J connectivity index is 1.30. The Kier molecular flexibility index (Phi) is 6.38. The van der Waals surface area contributed by atoms with Gasteiger partial charge in [-0.25, -0.2) is 4.98 Å². The first-order chi connectivity index (χ1) is 16.3. The lowest BCUT2D eigenvalue weighted by Crippen LogP contribution is -2.35. The second-order valence-corrected chi connectivity index (χ2v) is 8.71. The van der Waals surface area contributed by atoms with Gasteiger partial charge in [0.1, 0.15) is 11.6 Å². The Labute approximate surface area is 195 Å². The first-order valence-corrected chi connectivity index (χ1v) is 11.7. The molecule has 0 spiro atoms. The van der Waals surface area contributed by atoms with E-state index in [0.717, 1.165) is 53.8 Å². The smallest absolute Gasteiger partial charge is 0.227 e. The molecule has 0 amide bonds. The Morgan fingerprint density at radius 1 is 0.848 bits per heavy atom. The Hall–Kier alpha value is -3.60. The molecule has 0 aliphatic carbocycles. The largest absolute Gasteiger partial charge is 0.497 e. The average molecular weight is 439 g/mol. The third-order valence-corrected chi connectivity index (χ3v) is 6.48. The number of nitrogens with zero attached hydrogens (tertiary/aromatic N) is 3. The Morgan fingerprint density at radius 2 is 1.58 bits per heavy atom. The van der Waals surface area contributed by atoms with Crippen LogP contribution in [0.2, 0.25) is 0 Å². The molecule has 168 valence electrons. The summed E-state index contributed by atoms with van der Waals surface area (Å²) >= 11 is 0. The highest BCUT2D eigenvalue weighted by Crippen LogP contribution is 2.28. The van der Waals surface area contributed by atoms with Gasteiger partial charge >= 0.3 is 0 Å². The molecule has 1 saturated heterocycles. The molecule has 4 aromatic rings. The van der Waals surface area contributed by atoms with Crippen LogP contribution in [-0.2, 0) is 13.0 Å². The SMILES string of the molecule is COc1ccc(CNc2nc(N3CCC(Cc4ccccc4)CC3)nc3ccccc23)cc1. The van der Waals surface area contributed by atoms with Crippen molar-refractivity contribution < 1.29 is 4.74 Å². The molecule has 5 rings (SSSR count). The van der Waals surface area contributed by atoms with Crippen molar-refractivity contribution in [2.24, 2.45) is 5.92 Å². The maximum atomic E-state index is 5.27. The van der Waals surface area contributed by atoms with E-state index in [2.05, 4.69) is 64.8 Å². The molecule has 5 heteroatoms. The summed E-state index contributed by atoms with van der Waals surface area (Å²) in [5.41, 5.74) is 3.59. The van der Waals surface area contributed by atoms with Crippen LogP contribution >= 0.6 is 0 Å². The van der Waals surface area contributed by atoms with Crippen molar-refractivity contribution in [2.75, 3.05) is 30.4 Å². The van der Waals surface area contributed by atoms with E-state index >= 15 is 0 Å². The van der Waals surface area contributed by atoms with Gasteiger partial charge in [-0.2, -0.15) is 4.98 Å². The predicted octanol–water partition coefficient (Wildman–Crippen LogP) is 5.71. The van der Waals surface area contributed by atoms with Gasteiger partial charge in [-0.15, -0.1) is 0 Å². The summed E-state index contributed by atoms with van der Waals surface area (Å²) in [7, 11) is 1.69. The van der Waals surface area contributed by atoms with E-state index in [0.29, 0.717) is 6.54 Å². The van der Waals surface area contributed by atoms with Gasteiger partial charge in [0.2, 0.25) is 5.95 Å². The van der Waals surface area contributed by atoms with E-state index < -0.39 is 0 Å². The number of nitrogens with one attached hydrogen (secondary N) is 1. The number of methoxy groups -OCH3 is 1. The molecule has 0 saturated carbocycles. The van der Waals surface area contributed by atoms with E-state index in [1.54, 1.807) is 7.11 Å². The molecular weight excluding hydrogens is 408 g/mol. The van der Waals surface area contributed by atoms with Gasteiger partial charge in [0.25, 0.3) is 0 Å². The van der Waals surface area contributed by atoms with Gasteiger partial charge in [0.05, 0.1) is 12.6 Å². The minimum atomic E-state index is 0.698. The number of rotatable bonds is 7. The zero-order valence-corrected chi connectivity index (χ0v) is 19.1. The zero-order chi connectivity index (χ0) is 22.5. The fourth-order valence-electron chi connectivity index (χ4n) is 4.55. The molecular formula is C28H30N4O. The van der Waals surface area contributed by atoms with Gasteiger partial charge in [-0.05, 0) is 60.6 Å². The summed E-state index contributed by atoms with van der Waals surface area (Å²) in [5, 5.41) is 4.59. The molecule has 1 N–H and O–H groups in total. The van der Waals surface area contributed by atoms with Crippen molar-refractivity contribution in [1.29, 1.82) is 0 Å². The first kappa shape index (κ1) is 21.3. The van der Waals surface area contributed by atoms with Crippen LogP contribution < -0.4 is 15.0 Å². The van der Waals surface area contributed by atoms with Crippen molar-refractivity contribution in [3.05, 3.63) is 90.0 Å². The molecule has 1 aliphatic rings. The van der Waals surface area contributed by atoms with Gasteiger partial charge in [0, 0.05) is 25.0 Å². The van der Waals surface area contributed by atoms with Gasteiger partial charge in [0.15, 0.2) is 0 Å². The summed E-state index contributed by atoms with van der Waals surface area (Å²) in [6.07, 6.45) is 3.49. The monoisotopic (exact) mass is 438 g/mol. The van der Waals surface area contributed by atoms with Gasteiger partial charge < -0.3 is 15.0 Å². The molecule has 1 aromatic heterocycles. The third kappa shape index (κ3) is 5.08. The van der Waals surface area contributed by atoms with Gasteiger partial charge in [-0.3, -0.25) is 0 Å². The highest BCUT2D eigenvalue weighted by molar-refractivity contribution is 5.90. The van der Waals surface area contributed by atoms with E-state index in [9.17, 15) is 0 Å². The molecule has 0 radical (unpaired) electrons. The number of fused-ring (bicyclic) bond motifs is 1. The minimum Gasteiger partial charge on any atom is -0.497 e. The fraction of sp³-hybridized carbons (Fsp3) is 0.286. The van der Waals surface area contributed by atoms with Crippen LogP contribution in [-0.4, -0.2) is 30.2 Å². The molecule has 0 unspecified atom stereocenters. The van der Waals surface area contributed by atoms with E-state index in [4.69, 9.17) is 14.7 Å². The summed E-state index contributed by atoms with van der Waals surface area (Å²) in [5.74, 6) is 3.29. The van der Waals surface area contributed by atoms with Crippen LogP contribution in [0.5, 0.6) is 5.75 Å². The van der Waals surface area contributed by atoms with Crippen molar-refractivity contribution >= 4 is 22.7 Å². The fourth-order valence-corrected chi connectivity index (χ4v) is 4.55. The van der Waals surface area contributed by atoms with Crippen LogP contribution in [0.15, 0.2) is 78.9 Å². The van der Waals surface area contributed by atoms with E-state index in [-0.39, 0.29) is 0 Å². The van der Waals surface area contributed by atoms with Crippen LogP contribution in [0, 0.1) is 5.92 Å². The Bertz CT molecular complexity index is 1190. The molecule has 5 nitrogen and oxygen atoms in total. The first-order valence-electron chi connectivity index (χ1n) is 11.7. The maximum Gasteiger partial charge on any atom is 0.227 e. The number of para-hydroxylation sites is 1. The lowest BCUT2D eigenvalue weighted by atomic mass is 9.90. The molecule has 0 bridgehead atoms. The number of anilines is 2. The van der Waals surface area contributed by atoms with Crippen molar-refractivity contribution in [3.8, 4) is 5.75 Å². The van der Waals surface area contributed by atoms with Gasteiger partial charge in [-0.1, -0.05) is 54.6 Å². The number of benzene rings is 3. The highest BCUT2D eigenvalue weighted by Gasteiger charge is 2.22. The van der Waals surface area contributed by atoms with Crippen LogP contribution in [0.1, 0.15) is 24.0 Å². The predicted molar refractivity (Wildman–Crippen MR) is 135 cm³/mol. The minimum absolute atomic E-state index is 0.698. The molecule has 33 heavy (non-hydrogen) atoms. The standard InChI is InChI=1S/C28H30N4O/c1-33-24-13-11-23(12-14-24)20-29-27-25-9-5-6-10-26(25)30-28(31-27)32-17-15-22(16-18-32)19-21-7-3-2-4-8-21/h2-14,22H,15-20H2,1H3,(H,29,30,31). The normalized spacial score (nSPS) is 14.4. The lowest BCUT2D eigenvalue weighted by Gasteiger charge is -2.32. The van der Waals surface area contributed by atoms with Crippen LogP contribution in [0.3, 0.4) is 0 Å². The second kappa shape index (κ2) is 9.90. The summed E-state index contributed by atoms with van der Waals surface area (Å²) in [6, 6.07) is 27.2. The number of hydrogen-bond acceptors (Lipinski definition) is 5. The zero-order valence-electron chi connectivity index (χ0n) is 19.1. The molecule has 1 fully saturated rings. The van der Waals surface area contributed by atoms with Crippen molar-refractivity contribution in [2.45, 2.75) is 25.8 Å². The maximum absolute atomic E-state index is 5.27. The number of piperidine rings is 1.